The van der Waals surface area contributed by atoms with Crippen LogP contribution in [-0.4, -0.2) is 41.6 Å². The fourth-order valence-corrected chi connectivity index (χ4v) is 1.93. The van der Waals surface area contributed by atoms with Crippen LogP contribution in [0, 0.1) is 5.92 Å². The molecule has 0 fully saturated rings. The van der Waals surface area contributed by atoms with Crippen molar-refractivity contribution < 1.29 is 14.7 Å². The molecule has 1 rings (SSSR count). The number of carboxylic acid groups (broad SMARTS) is 1. The lowest BCUT2D eigenvalue weighted by atomic mass is 10.1. The maximum Gasteiger partial charge on any atom is 0.335 e. The van der Waals surface area contributed by atoms with E-state index in [1.807, 2.05) is 13.0 Å². The van der Waals surface area contributed by atoms with Crippen LogP contribution in [0.2, 0.25) is 0 Å². The number of aromatic carboxylic acids is 1. The molecule has 0 heterocycles. The summed E-state index contributed by atoms with van der Waals surface area (Å²) in [5.74, 6) is -0.542. The molecule has 1 aromatic carbocycles. The van der Waals surface area contributed by atoms with Crippen LogP contribution in [-0.2, 0) is 6.42 Å². The number of carbonyl (C=O) groups excluding carboxylic acids is 1. The molecule has 0 saturated carbocycles. The third-order valence-electron chi connectivity index (χ3n) is 3.76. The van der Waals surface area contributed by atoms with Crippen LogP contribution in [0.5, 0.6) is 0 Å². The van der Waals surface area contributed by atoms with E-state index in [2.05, 4.69) is 19.2 Å². The lowest BCUT2D eigenvalue weighted by Crippen LogP contribution is -2.44. The van der Waals surface area contributed by atoms with Crippen LogP contribution in [0.15, 0.2) is 24.3 Å². The number of nitrogens with one attached hydrogen (secondary N) is 1. The van der Waals surface area contributed by atoms with Crippen molar-refractivity contribution in [2.75, 3.05) is 13.6 Å². The lowest BCUT2D eigenvalue weighted by molar-refractivity contribution is 0.0696. The van der Waals surface area contributed by atoms with Gasteiger partial charge >= 0.3 is 12.0 Å². The molecule has 21 heavy (non-hydrogen) atoms. The Bertz CT molecular complexity index is 500. The Hall–Kier alpha value is -2.04. The SMILES string of the molecule is CC(C)C(C)N(C)C(=O)NCCc1cccc(C(=O)O)c1. The van der Waals surface area contributed by atoms with E-state index in [9.17, 15) is 9.59 Å². The van der Waals surface area contributed by atoms with E-state index in [0.29, 0.717) is 18.9 Å². The van der Waals surface area contributed by atoms with Crippen LogP contribution < -0.4 is 5.32 Å². The summed E-state index contributed by atoms with van der Waals surface area (Å²) < 4.78 is 0. The Morgan fingerprint density at radius 1 is 1.29 bits per heavy atom. The van der Waals surface area contributed by atoms with Gasteiger partial charge in [-0.25, -0.2) is 9.59 Å². The molecule has 0 aliphatic rings. The van der Waals surface area contributed by atoms with Crippen LogP contribution in [0.4, 0.5) is 4.79 Å². The summed E-state index contributed by atoms with van der Waals surface area (Å²) in [5, 5.41) is 11.8. The molecule has 0 aromatic heterocycles. The summed E-state index contributed by atoms with van der Waals surface area (Å²) in [5.41, 5.74) is 1.17. The first kappa shape index (κ1) is 17.0. The van der Waals surface area contributed by atoms with Gasteiger partial charge in [0.2, 0.25) is 0 Å². The topological polar surface area (TPSA) is 69.6 Å². The monoisotopic (exact) mass is 292 g/mol. The van der Waals surface area contributed by atoms with Gasteiger partial charge in [-0.05, 0) is 37.0 Å². The van der Waals surface area contributed by atoms with Crippen molar-refractivity contribution in [3.05, 3.63) is 35.4 Å². The second-order valence-electron chi connectivity index (χ2n) is 5.58. The molecule has 5 nitrogen and oxygen atoms in total. The molecular weight excluding hydrogens is 268 g/mol. The van der Waals surface area contributed by atoms with E-state index < -0.39 is 5.97 Å². The highest BCUT2D eigenvalue weighted by atomic mass is 16.4. The number of urea groups is 1. The van der Waals surface area contributed by atoms with E-state index in [-0.39, 0.29) is 17.6 Å². The van der Waals surface area contributed by atoms with Crippen molar-refractivity contribution in [2.24, 2.45) is 5.92 Å². The van der Waals surface area contributed by atoms with E-state index in [1.54, 1.807) is 30.1 Å². The zero-order valence-electron chi connectivity index (χ0n) is 13.1. The number of hydrogen-bond donors (Lipinski definition) is 2. The Morgan fingerprint density at radius 3 is 2.52 bits per heavy atom. The first-order valence-corrected chi connectivity index (χ1v) is 7.15. The average molecular weight is 292 g/mol. The van der Waals surface area contributed by atoms with Gasteiger partial charge in [0.15, 0.2) is 0 Å². The predicted molar refractivity (Wildman–Crippen MR) is 82.6 cm³/mol. The van der Waals surface area contributed by atoms with Crippen molar-refractivity contribution in [3.8, 4) is 0 Å². The largest absolute Gasteiger partial charge is 0.478 e. The van der Waals surface area contributed by atoms with Gasteiger partial charge in [-0.3, -0.25) is 0 Å². The highest BCUT2D eigenvalue weighted by molar-refractivity contribution is 5.87. The third kappa shape index (κ3) is 5.10. The van der Waals surface area contributed by atoms with E-state index in [0.717, 1.165) is 5.56 Å². The van der Waals surface area contributed by atoms with Gasteiger partial charge in [-0.15, -0.1) is 0 Å². The summed E-state index contributed by atoms with van der Waals surface area (Å²) in [6, 6.07) is 6.83. The normalized spacial score (nSPS) is 12.0. The molecule has 0 aliphatic heterocycles. The van der Waals surface area contributed by atoms with Gasteiger partial charge in [0.1, 0.15) is 0 Å². The van der Waals surface area contributed by atoms with E-state index in [1.165, 1.54) is 0 Å². The Morgan fingerprint density at radius 2 is 1.95 bits per heavy atom. The Kier molecular flexibility index (Phi) is 6.21. The molecule has 1 atom stereocenters. The number of rotatable bonds is 6. The molecule has 0 spiro atoms. The van der Waals surface area contributed by atoms with Gasteiger partial charge in [0.05, 0.1) is 5.56 Å². The van der Waals surface area contributed by atoms with Crippen LogP contribution in [0.3, 0.4) is 0 Å². The summed E-state index contributed by atoms with van der Waals surface area (Å²) in [7, 11) is 1.78. The maximum absolute atomic E-state index is 12.0. The molecule has 0 bridgehead atoms. The maximum atomic E-state index is 12.0. The van der Waals surface area contributed by atoms with E-state index in [4.69, 9.17) is 5.11 Å². The van der Waals surface area contributed by atoms with Gasteiger partial charge < -0.3 is 15.3 Å². The predicted octanol–water partition coefficient (Wildman–Crippen LogP) is 2.61. The van der Waals surface area contributed by atoms with Crippen LogP contribution in [0.25, 0.3) is 0 Å². The lowest BCUT2D eigenvalue weighted by Gasteiger charge is -2.28. The zero-order chi connectivity index (χ0) is 16.0. The minimum absolute atomic E-state index is 0.106. The molecule has 1 aromatic rings. The molecule has 0 saturated heterocycles. The molecule has 116 valence electrons. The molecule has 2 N–H and O–H groups in total. The number of amides is 2. The number of nitrogens with zero attached hydrogens (tertiary/aromatic N) is 1. The van der Waals surface area contributed by atoms with Crippen molar-refractivity contribution in [2.45, 2.75) is 33.2 Å². The standard InChI is InChI=1S/C16H24N2O3/c1-11(2)12(3)18(4)16(21)17-9-8-13-6-5-7-14(10-13)15(19)20/h5-7,10-12H,8-9H2,1-4H3,(H,17,21)(H,19,20). The first-order chi connectivity index (χ1) is 9.82. The fraction of sp³-hybridized carbons (Fsp3) is 0.500. The number of hydrogen-bond acceptors (Lipinski definition) is 2. The highest BCUT2D eigenvalue weighted by Crippen LogP contribution is 2.08. The van der Waals surface area contributed by atoms with Gasteiger partial charge in [0, 0.05) is 19.6 Å². The quantitative estimate of drug-likeness (QED) is 0.846. The zero-order valence-corrected chi connectivity index (χ0v) is 13.1. The smallest absolute Gasteiger partial charge is 0.335 e. The van der Waals surface area contributed by atoms with E-state index >= 15 is 0 Å². The molecule has 1 unspecified atom stereocenters. The molecule has 5 heteroatoms. The van der Waals surface area contributed by atoms with Crippen molar-refractivity contribution in [1.29, 1.82) is 0 Å². The first-order valence-electron chi connectivity index (χ1n) is 7.15. The molecule has 2 amide bonds. The number of carbonyl (C=O) groups is 2. The van der Waals surface area contributed by atoms with Crippen LogP contribution in [0.1, 0.15) is 36.7 Å². The van der Waals surface area contributed by atoms with Gasteiger partial charge in [-0.2, -0.15) is 0 Å². The highest BCUT2D eigenvalue weighted by Gasteiger charge is 2.17. The van der Waals surface area contributed by atoms with Gasteiger partial charge in [0.25, 0.3) is 0 Å². The van der Waals surface area contributed by atoms with Crippen molar-refractivity contribution >= 4 is 12.0 Å². The second-order valence-corrected chi connectivity index (χ2v) is 5.58. The van der Waals surface area contributed by atoms with Gasteiger partial charge in [-0.1, -0.05) is 26.0 Å². The number of carboxylic acids is 1. The minimum atomic E-state index is -0.939. The molecule has 0 aliphatic carbocycles. The summed E-state index contributed by atoms with van der Waals surface area (Å²) in [6.07, 6.45) is 0.608. The number of benzene rings is 1. The Balaban J connectivity index is 2.48. The minimum Gasteiger partial charge on any atom is -0.478 e. The Labute approximate surface area is 126 Å². The summed E-state index contributed by atoms with van der Waals surface area (Å²) >= 11 is 0. The average Bonchev–Trinajstić information content (AvgIpc) is 2.45. The third-order valence-corrected chi connectivity index (χ3v) is 3.76. The van der Waals surface area contributed by atoms with Crippen molar-refractivity contribution in [3.63, 3.8) is 0 Å². The second kappa shape index (κ2) is 7.67. The molecule has 0 radical (unpaired) electrons. The summed E-state index contributed by atoms with van der Waals surface area (Å²) in [4.78, 5) is 24.6. The van der Waals surface area contributed by atoms with Crippen LogP contribution >= 0.6 is 0 Å². The molecular formula is C16H24N2O3. The fourth-order valence-electron chi connectivity index (χ4n) is 1.93. The van der Waals surface area contributed by atoms with Crippen molar-refractivity contribution in [1.82, 2.24) is 10.2 Å². The summed E-state index contributed by atoms with van der Waals surface area (Å²) in [6.45, 7) is 6.65.